The maximum atomic E-state index is 10.2. The lowest BCUT2D eigenvalue weighted by Gasteiger charge is -2.20. The molecule has 0 heterocycles. The average Bonchev–Trinajstić information content (AvgIpc) is 1.84. The largest absolute Gasteiger partial charge is 0.353 e. The smallest absolute Gasteiger partial charge is 0.266 e. The van der Waals surface area contributed by atoms with E-state index in [1.54, 1.807) is 0 Å². The van der Waals surface area contributed by atoms with Gasteiger partial charge >= 0.3 is 0 Å². The van der Waals surface area contributed by atoms with Gasteiger partial charge in [-0.05, 0) is 0 Å². The highest BCUT2D eigenvalue weighted by Crippen LogP contribution is 1.98. The van der Waals surface area contributed by atoms with E-state index in [1.807, 2.05) is 0 Å². The van der Waals surface area contributed by atoms with Crippen LogP contribution in [0.25, 0.3) is 0 Å². The van der Waals surface area contributed by atoms with E-state index in [2.05, 4.69) is 5.32 Å². The summed E-state index contributed by atoms with van der Waals surface area (Å²) in [5, 5.41) is 19.9. The second-order valence-electron chi connectivity index (χ2n) is 2.38. The maximum absolute atomic E-state index is 10.2. The van der Waals surface area contributed by atoms with E-state index in [0.717, 1.165) is 0 Å². The van der Waals surface area contributed by atoms with Crippen molar-refractivity contribution in [3.63, 3.8) is 0 Å². The predicted molar refractivity (Wildman–Crippen MR) is 41.9 cm³/mol. The van der Waals surface area contributed by atoms with Crippen LogP contribution in [0.1, 0.15) is 13.3 Å². The van der Waals surface area contributed by atoms with E-state index in [9.17, 15) is 8.42 Å². The Hall–Kier alpha value is -0.210. The van der Waals surface area contributed by atoms with Gasteiger partial charge in [0.2, 0.25) is 5.91 Å². The van der Waals surface area contributed by atoms with Gasteiger partial charge in [-0.1, -0.05) is 6.92 Å². The predicted octanol–water partition coefficient (Wildman–Crippen LogP) is -1.49. The van der Waals surface area contributed by atoms with Crippen molar-refractivity contribution in [2.24, 2.45) is 0 Å². The Morgan fingerprint density at radius 1 is 1.42 bits per heavy atom. The van der Waals surface area contributed by atoms with Crippen LogP contribution in [0, 0.1) is 0 Å². The fraction of sp³-hybridized carbons (Fsp3) is 1.00. The summed E-state index contributed by atoms with van der Waals surface area (Å²) in [5.41, 5.74) is 0. The molecule has 4 N–H and O–H groups in total. The minimum atomic E-state index is -4.04. The first kappa shape index (κ1) is 11.8. The van der Waals surface area contributed by atoms with Gasteiger partial charge in [0.05, 0.1) is 5.75 Å². The van der Waals surface area contributed by atoms with Gasteiger partial charge in [0.25, 0.3) is 10.1 Å². The SMILES string of the molecule is CCC(O)(O)NCCS(=O)(=O)O. The van der Waals surface area contributed by atoms with Crippen molar-refractivity contribution >= 4 is 10.1 Å². The molecular formula is C5H13NO5S. The molecule has 0 atom stereocenters. The van der Waals surface area contributed by atoms with Crippen LogP contribution >= 0.6 is 0 Å². The van der Waals surface area contributed by atoms with Crippen molar-refractivity contribution in [1.82, 2.24) is 5.32 Å². The van der Waals surface area contributed by atoms with Crippen LogP contribution < -0.4 is 5.32 Å². The molecule has 0 aliphatic rings. The van der Waals surface area contributed by atoms with Crippen LogP contribution in [-0.4, -0.2) is 41.4 Å². The van der Waals surface area contributed by atoms with Gasteiger partial charge < -0.3 is 10.2 Å². The molecule has 0 aromatic rings. The van der Waals surface area contributed by atoms with Crippen molar-refractivity contribution in [3.8, 4) is 0 Å². The van der Waals surface area contributed by atoms with E-state index in [4.69, 9.17) is 14.8 Å². The minimum Gasteiger partial charge on any atom is -0.353 e. The molecule has 0 bridgehead atoms. The van der Waals surface area contributed by atoms with E-state index < -0.39 is 21.8 Å². The summed E-state index contributed by atoms with van der Waals surface area (Å²) in [4.78, 5) is 0. The molecule has 0 aromatic carbocycles. The molecule has 0 unspecified atom stereocenters. The molecule has 0 fully saturated rings. The number of nitrogens with one attached hydrogen (secondary N) is 1. The third kappa shape index (κ3) is 6.50. The highest BCUT2D eigenvalue weighted by molar-refractivity contribution is 7.85. The lowest BCUT2D eigenvalue weighted by atomic mass is 10.3. The first-order chi connectivity index (χ1) is 5.27. The molecule has 12 heavy (non-hydrogen) atoms. The van der Waals surface area contributed by atoms with Gasteiger partial charge in [-0.3, -0.25) is 9.87 Å². The second-order valence-corrected chi connectivity index (χ2v) is 3.96. The molecule has 0 aliphatic carbocycles. The molecule has 0 radical (unpaired) electrons. The summed E-state index contributed by atoms with van der Waals surface area (Å²) in [6.45, 7) is 1.31. The summed E-state index contributed by atoms with van der Waals surface area (Å²) in [7, 11) is -4.04. The van der Waals surface area contributed by atoms with Gasteiger partial charge in [-0.15, -0.1) is 0 Å². The molecule has 0 rings (SSSR count). The molecular weight excluding hydrogens is 186 g/mol. The van der Waals surface area contributed by atoms with E-state index in [-0.39, 0.29) is 13.0 Å². The van der Waals surface area contributed by atoms with Gasteiger partial charge in [0, 0.05) is 13.0 Å². The summed E-state index contributed by atoms with van der Waals surface area (Å²) in [6, 6.07) is 0. The zero-order valence-corrected chi connectivity index (χ0v) is 7.50. The van der Waals surface area contributed by atoms with E-state index in [1.165, 1.54) is 6.92 Å². The third-order valence-corrected chi connectivity index (χ3v) is 1.98. The Kier molecular flexibility index (Phi) is 4.08. The Bertz CT molecular complexity index is 222. The topological polar surface area (TPSA) is 107 Å². The molecule has 0 aromatic heterocycles. The standard InChI is InChI=1S/C5H13NO5S/c1-2-5(7,8)6-3-4-12(9,10)11/h6-8H,2-4H2,1H3,(H,9,10,11). The number of rotatable bonds is 5. The summed E-state index contributed by atoms with van der Waals surface area (Å²) < 4.78 is 28.6. The molecule has 0 saturated heterocycles. The van der Waals surface area contributed by atoms with Gasteiger partial charge in [0.15, 0.2) is 0 Å². The molecule has 0 amide bonds. The minimum absolute atomic E-state index is 0.0263. The second kappa shape index (κ2) is 4.15. The normalized spacial score (nSPS) is 13.3. The van der Waals surface area contributed by atoms with E-state index in [0.29, 0.717) is 0 Å². The molecule has 0 spiro atoms. The summed E-state index contributed by atoms with van der Waals surface area (Å²) >= 11 is 0. The van der Waals surface area contributed by atoms with Crippen LogP contribution in [0.5, 0.6) is 0 Å². The Morgan fingerprint density at radius 2 is 1.92 bits per heavy atom. The first-order valence-electron chi connectivity index (χ1n) is 3.42. The van der Waals surface area contributed by atoms with Crippen molar-refractivity contribution in [2.75, 3.05) is 12.3 Å². The van der Waals surface area contributed by atoms with Crippen LogP contribution in [-0.2, 0) is 10.1 Å². The van der Waals surface area contributed by atoms with Gasteiger partial charge in [-0.2, -0.15) is 8.42 Å². The number of aliphatic hydroxyl groups is 2. The third-order valence-electron chi connectivity index (χ3n) is 1.26. The highest BCUT2D eigenvalue weighted by atomic mass is 32.2. The number of hydrogen-bond donors (Lipinski definition) is 4. The summed E-state index contributed by atoms with van der Waals surface area (Å²) in [6.07, 6.45) is 0.0263. The van der Waals surface area contributed by atoms with Crippen molar-refractivity contribution in [2.45, 2.75) is 19.3 Å². The Balaban J connectivity index is 3.72. The fourth-order valence-electron chi connectivity index (χ4n) is 0.505. The Labute approximate surface area is 71.0 Å². The molecule has 7 heteroatoms. The van der Waals surface area contributed by atoms with Crippen molar-refractivity contribution in [1.29, 1.82) is 0 Å². The quantitative estimate of drug-likeness (QED) is 0.317. The molecule has 0 saturated carbocycles. The van der Waals surface area contributed by atoms with Gasteiger partial charge in [0.1, 0.15) is 0 Å². The van der Waals surface area contributed by atoms with Crippen LogP contribution in [0.2, 0.25) is 0 Å². The lowest BCUT2D eigenvalue weighted by Crippen LogP contribution is -2.46. The zero-order valence-electron chi connectivity index (χ0n) is 6.69. The number of hydrogen-bond acceptors (Lipinski definition) is 5. The monoisotopic (exact) mass is 199 g/mol. The van der Waals surface area contributed by atoms with Crippen LogP contribution in [0.15, 0.2) is 0 Å². The molecule has 6 nitrogen and oxygen atoms in total. The Morgan fingerprint density at radius 3 is 2.25 bits per heavy atom. The molecule has 74 valence electrons. The fourth-order valence-corrected chi connectivity index (χ4v) is 0.865. The highest BCUT2D eigenvalue weighted by Gasteiger charge is 2.19. The maximum Gasteiger partial charge on any atom is 0.266 e. The molecule has 0 aliphatic heterocycles. The van der Waals surface area contributed by atoms with Crippen LogP contribution in [0.4, 0.5) is 0 Å². The average molecular weight is 199 g/mol. The summed E-state index contributed by atoms with van der Waals surface area (Å²) in [5.74, 6) is -2.61. The lowest BCUT2D eigenvalue weighted by molar-refractivity contribution is -0.185. The van der Waals surface area contributed by atoms with Crippen molar-refractivity contribution < 1.29 is 23.2 Å². The first-order valence-corrected chi connectivity index (χ1v) is 5.03. The van der Waals surface area contributed by atoms with E-state index >= 15 is 0 Å². The van der Waals surface area contributed by atoms with Crippen molar-refractivity contribution in [3.05, 3.63) is 0 Å². The van der Waals surface area contributed by atoms with Gasteiger partial charge in [-0.25, -0.2) is 0 Å². The van der Waals surface area contributed by atoms with Crippen LogP contribution in [0.3, 0.4) is 0 Å². The zero-order chi connectivity index (χ0) is 9.83.